The van der Waals surface area contributed by atoms with Crippen LogP contribution in [0.25, 0.3) is 0 Å². The summed E-state index contributed by atoms with van der Waals surface area (Å²) < 4.78 is 28.8. The van der Waals surface area contributed by atoms with Gasteiger partial charge in [0.05, 0.1) is 0 Å². The zero-order valence-corrected chi connectivity index (χ0v) is 12.1. The molecular formula is C9H19IN2O2S. The molecule has 4 nitrogen and oxygen atoms in total. The molecule has 1 fully saturated rings. The minimum atomic E-state index is -3.21. The van der Waals surface area contributed by atoms with Crippen LogP contribution in [0.5, 0.6) is 0 Å². The molecule has 1 aliphatic rings. The fourth-order valence-corrected chi connectivity index (χ4v) is 3.51. The first-order chi connectivity index (χ1) is 7.06. The molecule has 1 atom stereocenters. The zero-order chi connectivity index (χ0) is 11.3. The summed E-state index contributed by atoms with van der Waals surface area (Å²) in [6.07, 6.45) is 3.01. The van der Waals surface area contributed by atoms with Crippen LogP contribution < -0.4 is 4.72 Å². The number of nitrogens with zero attached hydrogens (tertiary/aromatic N) is 1. The maximum Gasteiger partial charge on any atom is 0.279 e. The van der Waals surface area contributed by atoms with Gasteiger partial charge in [0.2, 0.25) is 0 Å². The largest absolute Gasteiger partial charge is 0.279 e. The van der Waals surface area contributed by atoms with Crippen molar-refractivity contribution in [2.45, 2.75) is 26.2 Å². The first kappa shape index (κ1) is 13.7. The molecule has 1 unspecified atom stereocenters. The SMILES string of the molecule is CC1CCCN(S(=O)(=O)NCCCI)C1. The van der Waals surface area contributed by atoms with Crippen molar-refractivity contribution in [3.05, 3.63) is 0 Å². The molecule has 0 bridgehead atoms. The van der Waals surface area contributed by atoms with E-state index in [1.165, 1.54) is 0 Å². The molecule has 0 aromatic carbocycles. The van der Waals surface area contributed by atoms with Crippen LogP contribution in [0.1, 0.15) is 26.2 Å². The molecule has 0 aliphatic carbocycles. The monoisotopic (exact) mass is 346 g/mol. The van der Waals surface area contributed by atoms with Crippen molar-refractivity contribution in [3.63, 3.8) is 0 Å². The van der Waals surface area contributed by atoms with Crippen LogP contribution in [0.4, 0.5) is 0 Å². The van der Waals surface area contributed by atoms with Gasteiger partial charge in [-0.2, -0.15) is 12.7 Å². The highest BCUT2D eigenvalue weighted by atomic mass is 127. The van der Waals surface area contributed by atoms with Crippen LogP contribution in [0.2, 0.25) is 0 Å². The second kappa shape index (κ2) is 6.36. The quantitative estimate of drug-likeness (QED) is 0.465. The Bertz CT molecular complexity index is 282. The molecule has 0 aromatic rings. The average Bonchev–Trinajstić information content (AvgIpc) is 2.18. The van der Waals surface area contributed by atoms with Gasteiger partial charge in [0.25, 0.3) is 10.2 Å². The predicted octanol–water partition coefficient (Wildman–Crippen LogP) is 1.38. The van der Waals surface area contributed by atoms with E-state index in [0.29, 0.717) is 25.6 Å². The molecule has 1 heterocycles. The number of nitrogens with one attached hydrogen (secondary N) is 1. The highest BCUT2D eigenvalue weighted by molar-refractivity contribution is 14.1. The van der Waals surface area contributed by atoms with Crippen molar-refractivity contribution in [2.75, 3.05) is 24.1 Å². The van der Waals surface area contributed by atoms with Crippen molar-refractivity contribution in [3.8, 4) is 0 Å². The normalized spacial score (nSPS) is 24.3. The lowest BCUT2D eigenvalue weighted by molar-refractivity contribution is 0.278. The summed E-state index contributed by atoms with van der Waals surface area (Å²) in [5.74, 6) is 0.486. The number of rotatable bonds is 5. The number of halogens is 1. The van der Waals surface area contributed by atoms with E-state index in [9.17, 15) is 8.42 Å². The van der Waals surface area contributed by atoms with E-state index >= 15 is 0 Å². The fourth-order valence-electron chi connectivity index (χ4n) is 1.72. The van der Waals surface area contributed by atoms with Crippen molar-refractivity contribution >= 4 is 32.8 Å². The summed E-state index contributed by atoms with van der Waals surface area (Å²) in [6, 6.07) is 0. The molecule has 0 amide bonds. The Balaban J connectivity index is 2.45. The van der Waals surface area contributed by atoms with Crippen LogP contribution >= 0.6 is 22.6 Å². The Labute approximate surface area is 106 Å². The van der Waals surface area contributed by atoms with Gasteiger partial charge in [-0.15, -0.1) is 0 Å². The molecule has 0 aromatic heterocycles. The molecule has 1 saturated heterocycles. The molecule has 0 spiro atoms. The summed E-state index contributed by atoms with van der Waals surface area (Å²) in [5.41, 5.74) is 0. The minimum Gasteiger partial charge on any atom is -0.202 e. The van der Waals surface area contributed by atoms with Gasteiger partial charge < -0.3 is 0 Å². The Hall–Kier alpha value is 0.600. The fraction of sp³-hybridized carbons (Fsp3) is 1.00. The molecule has 15 heavy (non-hydrogen) atoms. The minimum absolute atomic E-state index is 0.486. The second-order valence-electron chi connectivity index (χ2n) is 4.05. The number of alkyl halides is 1. The summed E-state index contributed by atoms with van der Waals surface area (Å²) >= 11 is 2.25. The van der Waals surface area contributed by atoms with Gasteiger partial charge in [-0.05, 0) is 25.2 Å². The first-order valence-electron chi connectivity index (χ1n) is 5.37. The topological polar surface area (TPSA) is 49.4 Å². The summed E-state index contributed by atoms with van der Waals surface area (Å²) in [6.45, 7) is 3.99. The van der Waals surface area contributed by atoms with Gasteiger partial charge in [-0.1, -0.05) is 29.5 Å². The zero-order valence-electron chi connectivity index (χ0n) is 9.08. The van der Waals surface area contributed by atoms with Crippen molar-refractivity contribution in [1.82, 2.24) is 9.03 Å². The third-order valence-electron chi connectivity index (χ3n) is 2.55. The van der Waals surface area contributed by atoms with Crippen molar-refractivity contribution in [2.24, 2.45) is 5.92 Å². The second-order valence-corrected chi connectivity index (χ2v) is 6.88. The molecule has 90 valence electrons. The van der Waals surface area contributed by atoms with Gasteiger partial charge in [-0.25, -0.2) is 4.72 Å². The highest BCUT2D eigenvalue weighted by Crippen LogP contribution is 2.17. The van der Waals surface area contributed by atoms with Crippen LogP contribution in [0.3, 0.4) is 0 Å². The molecule has 0 saturated carbocycles. The third-order valence-corrected chi connectivity index (χ3v) is 4.90. The predicted molar refractivity (Wildman–Crippen MR) is 70.4 cm³/mol. The van der Waals surface area contributed by atoms with E-state index in [4.69, 9.17) is 0 Å². The van der Waals surface area contributed by atoms with Gasteiger partial charge >= 0.3 is 0 Å². The maximum atomic E-state index is 11.8. The summed E-state index contributed by atoms with van der Waals surface area (Å²) in [5, 5.41) is 0. The lowest BCUT2D eigenvalue weighted by Gasteiger charge is -2.29. The van der Waals surface area contributed by atoms with Gasteiger partial charge in [0.15, 0.2) is 0 Å². The van der Waals surface area contributed by atoms with E-state index in [2.05, 4.69) is 34.2 Å². The summed E-state index contributed by atoms with van der Waals surface area (Å²) in [4.78, 5) is 0. The number of piperidine rings is 1. The van der Waals surface area contributed by atoms with Gasteiger partial charge in [-0.3, -0.25) is 0 Å². The number of hydrogen-bond acceptors (Lipinski definition) is 2. The molecule has 6 heteroatoms. The van der Waals surface area contributed by atoms with Crippen LogP contribution in [0.15, 0.2) is 0 Å². The van der Waals surface area contributed by atoms with E-state index in [1.807, 2.05) is 0 Å². The Kier molecular flexibility index (Phi) is 5.80. The standard InChI is InChI=1S/C9H19IN2O2S/c1-9-4-2-7-12(8-9)15(13,14)11-6-3-5-10/h9,11H,2-8H2,1H3. The molecule has 1 aliphatic heterocycles. The molecule has 1 rings (SSSR count). The maximum absolute atomic E-state index is 11.8. The van der Waals surface area contributed by atoms with E-state index < -0.39 is 10.2 Å². The number of hydrogen-bond donors (Lipinski definition) is 1. The third kappa shape index (κ3) is 4.54. The Morgan fingerprint density at radius 1 is 1.53 bits per heavy atom. The average molecular weight is 346 g/mol. The van der Waals surface area contributed by atoms with Gasteiger partial charge in [0.1, 0.15) is 0 Å². The van der Waals surface area contributed by atoms with E-state index in [-0.39, 0.29) is 0 Å². The Morgan fingerprint density at radius 3 is 2.87 bits per heavy atom. The first-order valence-corrected chi connectivity index (χ1v) is 8.33. The van der Waals surface area contributed by atoms with E-state index in [1.54, 1.807) is 4.31 Å². The van der Waals surface area contributed by atoms with Crippen molar-refractivity contribution < 1.29 is 8.42 Å². The lowest BCUT2D eigenvalue weighted by atomic mass is 10.0. The van der Waals surface area contributed by atoms with Crippen LogP contribution in [-0.2, 0) is 10.2 Å². The molecule has 0 radical (unpaired) electrons. The van der Waals surface area contributed by atoms with E-state index in [0.717, 1.165) is 23.7 Å². The van der Waals surface area contributed by atoms with Crippen LogP contribution in [-0.4, -0.2) is 36.8 Å². The molecule has 1 N–H and O–H groups in total. The Morgan fingerprint density at radius 2 is 2.27 bits per heavy atom. The molecular weight excluding hydrogens is 327 g/mol. The smallest absolute Gasteiger partial charge is 0.202 e. The van der Waals surface area contributed by atoms with Crippen molar-refractivity contribution in [1.29, 1.82) is 0 Å². The van der Waals surface area contributed by atoms with Gasteiger partial charge in [0, 0.05) is 24.1 Å². The lowest BCUT2D eigenvalue weighted by Crippen LogP contribution is -2.45. The highest BCUT2D eigenvalue weighted by Gasteiger charge is 2.26. The van der Waals surface area contributed by atoms with Crippen LogP contribution in [0, 0.1) is 5.92 Å². The summed E-state index contributed by atoms with van der Waals surface area (Å²) in [7, 11) is -3.21.